The monoisotopic (exact) mass is 237 g/mol. The van der Waals surface area contributed by atoms with E-state index in [0.717, 1.165) is 25.8 Å². The Labute approximate surface area is 105 Å². The molecule has 17 heavy (non-hydrogen) atoms. The highest BCUT2D eigenvalue weighted by atomic mass is 15.3. The number of hydrogen-bond donors (Lipinski definition) is 1. The summed E-state index contributed by atoms with van der Waals surface area (Å²) in [5.74, 6) is 0. The van der Waals surface area contributed by atoms with Crippen molar-refractivity contribution < 1.29 is 0 Å². The molecule has 98 valence electrons. The van der Waals surface area contributed by atoms with Gasteiger partial charge in [0.25, 0.3) is 0 Å². The minimum Gasteiger partial charge on any atom is -0.327 e. The van der Waals surface area contributed by atoms with Gasteiger partial charge >= 0.3 is 0 Å². The molecule has 3 nitrogen and oxygen atoms in total. The molecular formula is C14H27N3. The summed E-state index contributed by atoms with van der Waals surface area (Å²) >= 11 is 0. The van der Waals surface area contributed by atoms with Crippen molar-refractivity contribution in [3.05, 3.63) is 17.5 Å². The van der Waals surface area contributed by atoms with Gasteiger partial charge in [-0.25, -0.2) is 0 Å². The third-order valence-electron chi connectivity index (χ3n) is 3.40. The Balaban J connectivity index is 2.65. The largest absolute Gasteiger partial charge is 0.327 e. The van der Waals surface area contributed by atoms with Crippen molar-refractivity contribution in [3.8, 4) is 0 Å². The average Bonchev–Trinajstić information content (AvgIpc) is 2.66. The van der Waals surface area contributed by atoms with E-state index < -0.39 is 0 Å². The van der Waals surface area contributed by atoms with Crippen molar-refractivity contribution in [1.29, 1.82) is 0 Å². The van der Waals surface area contributed by atoms with Crippen LogP contribution in [0.4, 0.5) is 0 Å². The molecule has 1 aromatic heterocycles. The zero-order valence-corrected chi connectivity index (χ0v) is 12.0. The van der Waals surface area contributed by atoms with Crippen molar-refractivity contribution in [2.45, 2.75) is 66.5 Å². The predicted molar refractivity (Wildman–Crippen MR) is 73.0 cm³/mol. The molecule has 0 aromatic carbocycles. The molecule has 0 amide bonds. The molecule has 2 N–H and O–H groups in total. The summed E-state index contributed by atoms with van der Waals surface area (Å²) < 4.78 is 2.11. The molecule has 1 atom stereocenters. The molecule has 0 aliphatic carbocycles. The van der Waals surface area contributed by atoms with Crippen molar-refractivity contribution in [3.63, 3.8) is 0 Å². The van der Waals surface area contributed by atoms with E-state index in [1.807, 2.05) is 0 Å². The van der Waals surface area contributed by atoms with E-state index in [-0.39, 0.29) is 11.5 Å². The highest BCUT2D eigenvalue weighted by Crippen LogP contribution is 2.21. The van der Waals surface area contributed by atoms with Gasteiger partial charge in [0.05, 0.1) is 5.69 Å². The van der Waals surface area contributed by atoms with Gasteiger partial charge < -0.3 is 5.73 Å². The molecular weight excluding hydrogens is 210 g/mol. The first-order valence-electron chi connectivity index (χ1n) is 6.69. The van der Waals surface area contributed by atoms with E-state index in [4.69, 9.17) is 5.73 Å². The lowest BCUT2D eigenvalue weighted by Crippen LogP contribution is -2.35. The molecule has 0 saturated carbocycles. The molecule has 1 heterocycles. The number of hydrogen-bond acceptors (Lipinski definition) is 2. The van der Waals surface area contributed by atoms with E-state index in [1.165, 1.54) is 11.4 Å². The van der Waals surface area contributed by atoms with E-state index in [9.17, 15) is 0 Å². The lowest BCUT2D eigenvalue weighted by atomic mass is 9.84. The summed E-state index contributed by atoms with van der Waals surface area (Å²) in [5.41, 5.74) is 8.89. The van der Waals surface area contributed by atoms with Crippen molar-refractivity contribution in [2.24, 2.45) is 11.1 Å². The third kappa shape index (κ3) is 3.84. The Bertz CT molecular complexity index is 347. The first-order valence-corrected chi connectivity index (χ1v) is 6.69. The lowest BCUT2D eigenvalue weighted by molar-refractivity contribution is 0.304. The quantitative estimate of drug-likeness (QED) is 0.855. The molecule has 0 bridgehead atoms. The number of nitrogens with two attached hydrogens (primary N) is 1. The fourth-order valence-electron chi connectivity index (χ4n) is 1.90. The Hall–Kier alpha value is -0.830. The Morgan fingerprint density at radius 2 is 2.00 bits per heavy atom. The fraction of sp³-hybridized carbons (Fsp3) is 0.786. The first-order chi connectivity index (χ1) is 7.88. The van der Waals surface area contributed by atoms with Crippen LogP contribution in [0, 0.1) is 5.41 Å². The maximum atomic E-state index is 6.20. The van der Waals surface area contributed by atoms with Gasteiger partial charge in [-0.1, -0.05) is 27.7 Å². The van der Waals surface area contributed by atoms with Crippen LogP contribution in [-0.4, -0.2) is 15.8 Å². The van der Waals surface area contributed by atoms with Gasteiger partial charge in [-0.05, 0) is 37.7 Å². The third-order valence-corrected chi connectivity index (χ3v) is 3.40. The number of aryl methyl sites for hydroxylation is 3. The summed E-state index contributed by atoms with van der Waals surface area (Å²) in [6, 6.07) is 2.46. The minimum absolute atomic E-state index is 0.185. The van der Waals surface area contributed by atoms with Gasteiger partial charge in [-0.15, -0.1) is 0 Å². The summed E-state index contributed by atoms with van der Waals surface area (Å²) in [7, 11) is 0. The zero-order chi connectivity index (χ0) is 13.1. The Morgan fingerprint density at radius 3 is 2.47 bits per heavy atom. The van der Waals surface area contributed by atoms with Gasteiger partial charge in [0.2, 0.25) is 0 Å². The smallest absolute Gasteiger partial charge is 0.0624 e. The summed E-state index contributed by atoms with van der Waals surface area (Å²) in [4.78, 5) is 0. The summed E-state index contributed by atoms with van der Waals surface area (Å²) in [6.07, 6.45) is 3.06. The van der Waals surface area contributed by atoms with Crippen LogP contribution in [0.1, 0.15) is 52.4 Å². The van der Waals surface area contributed by atoms with Crippen LogP contribution in [0.5, 0.6) is 0 Å². The van der Waals surface area contributed by atoms with Crippen LogP contribution >= 0.6 is 0 Å². The molecule has 0 fully saturated rings. The van der Waals surface area contributed by atoms with E-state index in [1.54, 1.807) is 0 Å². The second-order valence-electron chi connectivity index (χ2n) is 5.81. The SMILES string of the molecule is CCc1cc(CCC(N)C(C)(C)C)n(CC)n1. The number of nitrogens with zero attached hydrogens (tertiary/aromatic N) is 2. The van der Waals surface area contributed by atoms with Gasteiger partial charge in [0.1, 0.15) is 0 Å². The molecule has 0 saturated heterocycles. The second kappa shape index (κ2) is 5.67. The van der Waals surface area contributed by atoms with Crippen LogP contribution < -0.4 is 5.73 Å². The lowest BCUT2D eigenvalue weighted by Gasteiger charge is -2.26. The molecule has 3 heteroatoms. The van der Waals surface area contributed by atoms with Crippen molar-refractivity contribution >= 4 is 0 Å². The van der Waals surface area contributed by atoms with Crippen molar-refractivity contribution in [1.82, 2.24) is 9.78 Å². The van der Waals surface area contributed by atoms with Gasteiger partial charge in [-0.2, -0.15) is 5.10 Å². The standard InChI is InChI=1S/C14H27N3/c1-6-11-10-12(17(7-2)16-11)8-9-13(15)14(3,4)5/h10,13H,6-9,15H2,1-5H3. The highest BCUT2D eigenvalue weighted by molar-refractivity contribution is 5.11. The van der Waals surface area contributed by atoms with E-state index >= 15 is 0 Å². The normalized spacial score (nSPS) is 14.0. The van der Waals surface area contributed by atoms with Gasteiger partial charge in [0.15, 0.2) is 0 Å². The average molecular weight is 237 g/mol. The molecule has 1 aromatic rings. The predicted octanol–water partition coefficient (Wildman–Crippen LogP) is 2.77. The van der Waals surface area contributed by atoms with Crippen LogP contribution in [-0.2, 0) is 19.4 Å². The topological polar surface area (TPSA) is 43.8 Å². The van der Waals surface area contributed by atoms with Crippen LogP contribution in [0.25, 0.3) is 0 Å². The molecule has 1 rings (SSSR count). The maximum Gasteiger partial charge on any atom is 0.0624 e. The highest BCUT2D eigenvalue weighted by Gasteiger charge is 2.20. The number of aromatic nitrogens is 2. The van der Waals surface area contributed by atoms with Gasteiger partial charge in [-0.3, -0.25) is 4.68 Å². The molecule has 0 spiro atoms. The zero-order valence-electron chi connectivity index (χ0n) is 12.0. The van der Waals surface area contributed by atoms with Crippen LogP contribution in [0.2, 0.25) is 0 Å². The van der Waals surface area contributed by atoms with E-state index in [2.05, 4.69) is 50.5 Å². The van der Waals surface area contributed by atoms with Crippen molar-refractivity contribution in [2.75, 3.05) is 0 Å². The van der Waals surface area contributed by atoms with Gasteiger partial charge in [0, 0.05) is 18.3 Å². The molecule has 0 aliphatic rings. The summed E-state index contributed by atoms with van der Waals surface area (Å²) in [6.45, 7) is 11.8. The fourth-order valence-corrected chi connectivity index (χ4v) is 1.90. The summed E-state index contributed by atoms with van der Waals surface area (Å²) in [5, 5.41) is 4.56. The minimum atomic E-state index is 0.185. The maximum absolute atomic E-state index is 6.20. The second-order valence-corrected chi connectivity index (χ2v) is 5.81. The van der Waals surface area contributed by atoms with E-state index in [0.29, 0.717) is 0 Å². The molecule has 1 unspecified atom stereocenters. The van der Waals surface area contributed by atoms with Crippen LogP contribution in [0.3, 0.4) is 0 Å². The molecule has 0 radical (unpaired) electrons. The van der Waals surface area contributed by atoms with Crippen LogP contribution in [0.15, 0.2) is 6.07 Å². The Kier molecular flexibility index (Phi) is 4.75. The molecule has 0 aliphatic heterocycles. The first kappa shape index (κ1) is 14.2. The Morgan fingerprint density at radius 1 is 1.35 bits per heavy atom. The number of rotatable bonds is 5.